The maximum absolute atomic E-state index is 15.2. The van der Waals surface area contributed by atoms with Crippen LogP contribution in [-0.2, 0) is 14.9 Å². The van der Waals surface area contributed by atoms with Crippen molar-refractivity contribution in [2.75, 3.05) is 33.3 Å². The summed E-state index contributed by atoms with van der Waals surface area (Å²) in [4.78, 5) is 25.8. The topological polar surface area (TPSA) is 55.4 Å². The molecule has 3 rings (SSSR count). The Bertz CT molecular complexity index is 773. The third kappa shape index (κ3) is 4.10. The van der Waals surface area contributed by atoms with E-state index in [1.807, 2.05) is 0 Å². The summed E-state index contributed by atoms with van der Waals surface area (Å²) >= 11 is 0. The molecule has 5 nitrogen and oxygen atoms in total. The van der Waals surface area contributed by atoms with Crippen molar-refractivity contribution in [2.24, 2.45) is 5.92 Å². The van der Waals surface area contributed by atoms with Crippen molar-refractivity contribution in [3.63, 3.8) is 0 Å². The van der Waals surface area contributed by atoms with Crippen LogP contribution in [0.2, 0.25) is 0 Å². The van der Waals surface area contributed by atoms with E-state index in [0.717, 1.165) is 51.9 Å². The molecular formula is C23H34FN2O3+. The fraction of sp³-hybridized carbons (Fsp3) is 0.652. The molecule has 160 valence electrons. The number of esters is 1. The summed E-state index contributed by atoms with van der Waals surface area (Å²) in [6.07, 6.45) is 3.99. The van der Waals surface area contributed by atoms with E-state index in [9.17, 15) is 9.59 Å². The van der Waals surface area contributed by atoms with Crippen LogP contribution in [0.25, 0.3) is 0 Å². The normalized spacial score (nSPS) is 26.2. The Hall–Kier alpha value is -1.79. The summed E-state index contributed by atoms with van der Waals surface area (Å²) in [5.74, 6) is -0.639. The van der Waals surface area contributed by atoms with Crippen LogP contribution in [0, 0.1) is 11.7 Å². The van der Waals surface area contributed by atoms with Crippen molar-refractivity contribution in [2.45, 2.75) is 57.9 Å². The molecule has 2 fully saturated rings. The Morgan fingerprint density at radius 3 is 2.48 bits per heavy atom. The number of hydrogen-bond acceptors (Lipinski definition) is 4. The van der Waals surface area contributed by atoms with E-state index in [1.165, 1.54) is 13.2 Å². The molecule has 2 aliphatic rings. The molecule has 29 heavy (non-hydrogen) atoms. The quantitative estimate of drug-likeness (QED) is 0.616. The number of carbonyl (C=O) groups excluding carboxylic acids is 2. The van der Waals surface area contributed by atoms with Crippen LogP contribution in [0.15, 0.2) is 18.2 Å². The Kier molecular flexibility index (Phi) is 6.44. The first kappa shape index (κ1) is 21.9. The first-order valence-corrected chi connectivity index (χ1v) is 10.7. The molecule has 0 radical (unpaired) electrons. The second-order valence-electron chi connectivity index (χ2n) is 9.29. The maximum Gasteiger partial charge on any atom is 0.349 e. The lowest BCUT2D eigenvalue weighted by atomic mass is 9.84. The zero-order valence-corrected chi connectivity index (χ0v) is 18.1. The average molecular weight is 406 g/mol. The van der Waals surface area contributed by atoms with Crippen LogP contribution in [-0.4, -0.2) is 55.7 Å². The van der Waals surface area contributed by atoms with Crippen LogP contribution in [0.5, 0.6) is 0 Å². The molecule has 1 aromatic rings. The van der Waals surface area contributed by atoms with Gasteiger partial charge in [-0.25, -0.2) is 9.18 Å². The van der Waals surface area contributed by atoms with E-state index < -0.39 is 17.2 Å². The summed E-state index contributed by atoms with van der Waals surface area (Å²) in [5, 5.41) is 3.37. The van der Waals surface area contributed by atoms with Crippen LogP contribution in [0.4, 0.5) is 4.39 Å². The number of piperidine rings is 2. The van der Waals surface area contributed by atoms with Crippen LogP contribution in [0.1, 0.15) is 62.4 Å². The summed E-state index contributed by atoms with van der Waals surface area (Å²) in [5.41, 5.74) is -0.321. The molecule has 0 bridgehead atoms. The molecule has 6 heteroatoms. The predicted molar refractivity (Wildman–Crippen MR) is 110 cm³/mol. The highest BCUT2D eigenvalue weighted by Gasteiger charge is 2.48. The van der Waals surface area contributed by atoms with Gasteiger partial charge in [0.05, 0.1) is 31.7 Å². The lowest BCUT2D eigenvalue weighted by Gasteiger charge is -2.48. The minimum atomic E-state index is -0.974. The number of nitrogens with zero attached hydrogens (tertiary/aromatic N) is 1. The van der Waals surface area contributed by atoms with E-state index >= 15 is 4.39 Å². The third-order valence-corrected chi connectivity index (χ3v) is 6.92. The number of amides is 1. The standard InChI is InChI=1S/C23H34FN2O3/c1-16-6-5-13-26(15-16,18-9-11-25-12-10-18)21(27)19-8-7-17(14-20(19)24)23(2,3)22(28)29-4/h7-8,14,16,18,25H,5-6,9-13,15H2,1-4H3/q+1. The third-order valence-electron chi connectivity index (χ3n) is 6.92. The molecule has 2 unspecified atom stereocenters. The van der Waals surface area contributed by atoms with Crippen LogP contribution < -0.4 is 5.32 Å². The average Bonchev–Trinajstić information content (AvgIpc) is 2.73. The number of likely N-dealkylation sites (tertiary alicyclic amines) is 1. The van der Waals surface area contributed by atoms with Gasteiger partial charge in [-0.15, -0.1) is 0 Å². The molecule has 1 N–H and O–H groups in total. The van der Waals surface area contributed by atoms with Gasteiger partial charge in [-0.05, 0) is 44.4 Å². The number of rotatable bonds is 4. The number of nitrogens with one attached hydrogen (secondary N) is 1. The fourth-order valence-electron chi connectivity index (χ4n) is 5.13. The smallest absolute Gasteiger partial charge is 0.349 e. The van der Waals surface area contributed by atoms with E-state index in [4.69, 9.17) is 4.74 Å². The van der Waals surface area contributed by atoms with E-state index in [0.29, 0.717) is 16.0 Å². The molecule has 2 heterocycles. The minimum Gasteiger partial charge on any atom is -0.468 e. The summed E-state index contributed by atoms with van der Waals surface area (Å²) in [6, 6.07) is 4.82. The van der Waals surface area contributed by atoms with Gasteiger partial charge < -0.3 is 10.1 Å². The van der Waals surface area contributed by atoms with Gasteiger partial charge in [-0.3, -0.25) is 9.28 Å². The second-order valence-corrected chi connectivity index (χ2v) is 9.29. The van der Waals surface area contributed by atoms with Crippen molar-refractivity contribution in [1.82, 2.24) is 5.32 Å². The Labute approximate surface area is 173 Å². The lowest BCUT2D eigenvalue weighted by Crippen LogP contribution is -2.65. The number of benzene rings is 1. The van der Waals surface area contributed by atoms with E-state index in [1.54, 1.807) is 26.0 Å². The second kappa shape index (κ2) is 8.52. The SMILES string of the molecule is COC(=O)C(C)(C)c1ccc(C(=O)[N+]2(C3CCNCC3)CCCC(C)C2)c(F)c1. The van der Waals surface area contributed by atoms with Crippen molar-refractivity contribution in [3.05, 3.63) is 35.1 Å². The van der Waals surface area contributed by atoms with Crippen molar-refractivity contribution in [1.29, 1.82) is 0 Å². The molecule has 2 atom stereocenters. The molecule has 0 aliphatic carbocycles. The highest BCUT2D eigenvalue weighted by Crippen LogP contribution is 2.34. The van der Waals surface area contributed by atoms with Gasteiger partial charge in [-0.1, -0.05) is 13.0 Å². The zero-order chi connectivity index (χ0) is 21.2. The Morgan fingerprint density at radius 2 is 1.90 bits per heavy atom. The number of carbonyl (C=O) groups is 2. The number of ether oxygens (including phenoxy) is 1. The van der Waals surface area contributed by atoms with Crippen molar-refractivity contribution < 1.29 is 23.2 Å². The van der Waals surface area contributed by atoms with Gasteiger partial charge in [0, 0.05) is 31.8 Å². The number of hydrogen-bond donors (Lipinski definition) is 1. The Balaban J connectivity index is 1.97. The molecule has 0 aromatic heterocycles. The Morgan fingerprint density at radius 1 is 1.21 bits per heavy atom. The van der Waals surface area contributed by atoms with Crippen LogP contribution in [0.3, 0.4) is 0 Å². The number of halogens is 1. The first-order valence-electron chi connectivity index (χ1n) is 10.7. The van der Waals surface area contributed by atoms with Gasteiger partial charge in [0.1, 0.15) is 11.4 Å². The minimum absolute atomic E-state index is 0.108. The largest absolute Gasteiger partial charge is 0.468 e. The van der Waals surface area contributed by atoms with Gasteiger partial charge in [0.25, 0.3) is 0 Å². The molecule has 1 amide bonds. The molecule has 0 saturated carbocycles. The highest BCUT2D eigenvalue weighted by molar-refractivity contribution is 5.90. The highest BCUT2D eigenvalue weighted by atomic mass is 19.1. The predicted octanol–water partition coefficient (Wildman–Crippen LogP) is 3.42. The van der Waals surface area contributed by atoms with E-state index in [2.05, 4.69) is 12.2 Å². The summed E-state index contributed by atoms with van der Waals surface area (Å²) in [7, 11) is 1.32. The zero-order valence-electron chi connectivity index (χ0n) is 18.1. The molecular weight excluding hydrogens is 371 g/mol. The molecule has 1 aromatic carbocycles. The van der Waals surface area contributed by atoms with Gasteiger partial charge in [0.2, 0.25) is 0 Å². The first-order chi connectivity index (χ1) is 13.7. The summed E-state index contributed by atoms with van der Waals surface area (Å²) < 4.78 is 20.4. The van der Waals surface area contributed by atoms with E-state index in [-0.39, 0.29) is 17.5 Å². The van der Waals surface area contributed by atoms with Gasteiger partial charge >= 0.3 is 11.9 Å². The molecule has 0 spiro atoms. The fourth-order valence-corrected chi connectivity index (χ4v) is 5.13. The van der Waals surface area contributed by atoms with Gasteiger partial charge in [-0.2, -0.15) is 0 Å². The van der Waals surface area contributed by atoms with Gasteiger partial charge in [0.15, 0.2) is 0 Å². The van der Waals surface area contributed by atoms with Crippen LogP contribution >= 0.6 is 0 Å². The maximum atomic E-state index is 15.2. The molecule has 2 saturated heterocycles. The summed E-state index contributed by atoms with van der Waals surface area (Å²) in [6.45, 7) is 8.96. The monoisotopic (exact) mass is 405 g/mol. The lowest BCUT2D eigenvalue weighted by molar-refractivity contribution is -0.884. The molecule has 2 aliphatic heterocycles. The number of methoxy groups -OCH3 is 1. The van der Waals surface area contributed by atoms with Crippen molar-refractivity contribution in [3.8, 4) is 0 Å². The number of quaternary nitrogens is 1. The van der Waals surface area contributed by atoms with Crippen molar-refractivity contribution >= 4 is 11.9 Å².